The van der Waals surface area contributed by atoms with E-state index in [0.29, 0.717) is 30.2 Å². The summed E-state index contributed by atoms with van der Waals surface area (Å²) in [6.45, 7) is 10.6. The Morgan fingerprint density at radius 1 is 1.09 bits per heavy atom. The van der Waals surface area contributed by atoms with E-state index in [4.69, 9.17) is 4.74 Å². The molecule has 2 aliphatic rings. The van der Waals surface area contributed by atoms with Gasteiger partial charge in [-0.05, 0) is 69.5 Å². The Hall–Kier alpha value is -3.11. The lowest BCUT2D eigenvalue weighted by Crippen LogP contribution is -2.47. The average Bonchev–Trinajstić information content (AvgIpc) is 3.61. The first-order valence-corrected chi connectivity index (χ1v) is 18.1. The molecule has 0 bridgehead atoms. The first-order chi connectivity index (χ1) is 22.3. The van der Waals surface area contributed by atoms with E-state index in [1.54, 1.807) is 17.3 Å². The molecule has 9 nitrogen and oxygen atoms in total. The second-order valence-electron chi connectivity index (χ2n) is 14.5. The summed E-state index contributed by atoms with van der Waals surface area (Å²) < 4.78 is 5.79. The predicted molar refractivity (Wildman–Crippen MR) is 185 cm³/mol. The van der Waals surface area contributed by atoms with Crippen LogP contribution in [0.1, 0.15) is 113 Å². The van der Waals surface area contributed by atoms with Gasteiger partial charge < -0.3 is 15.0 Å². The number of aromatic nitrogens is 1. The van der Waals surface area contributed by atoms with Crippen LogP contribution in [-0.4, -0.2) is 77.1 Å². The van der Waals surface area contributed by atoms with Gasteiger partial charge in [0.25, 0.3) is 5.91 Å². The fourth-order valence-electron chi connectivity index (χ4n) is 7.03. The largest absolute Gasteiger partial charge is 0.455 e. The number of piperidine rings is 1. The molecule has 4 atom stereocenters. The number of likely N-dealkylation sites (tertiary alicyclic amines) is 1. The van der Waals surface area contributed by atoms with Crippen molar-refractivity contribution in [3.63, 3.8) is 0 Å². The van der Waals surface area contributed by atoms with Crippen LogP contribution in [0.25, 0.3) is 0 Å². The lowest BCUT2D eigenvalue weighted by atomic mass is 9.88. The van der Waals surface area contributed by atoms with Gasteiger partial charge in [-0.25, -0.2) is 4.98 Å². The summed E-state index contributed by atoms with van der Waals surface area (Å²) in [7, 11) is 3.80. The molecule has 1 aliphatic heterocycles. The summed E-state index contributed by atoms with van der Waals surface area (Å²) in [5.74, 6) is -0.106. The van der Waals surface area contributed by atoms with Crippen molar-refractivity contribution in [2.75, 3.05) is 20.6 Å². The molecule has 1 aromatic carbocycles. The molecule has 2 amide bonds. The molecule has 258 valence electrons. The van der Waals surface area contributed by atoms with Crippen LogP contribution in [0.5, 0.6) is 0 Å². The van der Waals surface area contributed by atoms with Crippen molar-refractivity contribution in [3.05, 3.63) is 52.0 Å². The number of likely N-dealkylation sites (N-methyl/N-ethyl adjacent to an activating group) is 1. The topological polar surface area (TPSA) is 109 Å². The highest BCUT2D eigenvalue weighted by molar-refractivity contribution is 7.09. The normalized spacial score (nSPS) is 19.6. The number of benzene rings is 1. The number of ether oxygens (including phenoxy) is 1. The number of amides is 2. The fraction of sp³-hybridized carbons (Fsp3) is 0.649. The van der Waals surface area contributed by atoms with Crippen molar-refractivity contribution < 1.29 is 23.9 Å². The minimum Gasteiger partial charge on any atom is -0.455 e. The maximum Gasteiger partial charge on any atom is 0.303 e. The van der Waals surface area contributed by atoms with Crippen LogP contribution in [0.15, 0.2) is 35.7 Å². The Morgan fingerprint density at radius 2 is 1.79 bits per heavy atom. The van der Waals surface area contributed by atoms with Crippen LogP contribution < -0.4 is 5.32 Å². The number of nitrogens with one attached hydrogen (secondary N) is 1. The summed E-state index contributed by atoms with van der Waals surface area (Å²) in [5, 5.41) is 5.41. The number of ketones is 1. The van der Waals surface area contributed by atoms with Crippen molar-refractivity contribution in [1.29, 1.82) is 0 Å². The molecular formula is C37H54N4O5S. The van der Waals surface area contributed by atoms with Crippen molar-refractivity contribution in [2.24, 2.45) is 17.3 Å². The molecule has 0 spiro atoms. The van der Waals surface area contributed by atoms with Gasteiger partial charge in [0.15, 0.2) is 11.9 Å². The number of rotatable bonds is 16. The Labute approximate surface area is 284 Å². The van der Waals surface area contributed by atoms with Crippen molar-refractivity contribution >= 4 is 34.9 Å². The smallest absolute Gasteiger partial charge is 0.303 e. The minimum absolute atomic E-state index is 0.0154. The van der Waals surface area contributed by atoms with Gasteiger partial charge in [-0.2, -0.15) is 0 Å². The molecule has 1 saturated carbocycles. The molecule has 1 aliphatic carbocycles. The molecule has 1 aromatic heterocycles. The van der Waals surface area contributed by atoms with Gasteiger partial charge in [-0.1, -0.05) is 64.4 Å². The van der Waals surface area contributed by atoms with Crippen LogP contribution in [0, 0.1) is 17.3 Å². The molecule has 2 heterocycles. The van der Waals surface area contributed by atoms with E-state index >= 15 is 0 Å². The van der Waals surface area contributed by atoms with Gasteiger partial charge in [0.1, 0.15) is 10.7 Å². The second kappa shape index (κ2) is 16.3. The maximum atomic E-state index is 14.0. The van der Waals surface area contributed by atoms with Gasteiger partial charge in [0, 0.05) is 44.3 Å². The highest BCUT2D eigenvalue weighted by Crippen LogP contribution is 2.51. The van der Waals surface area contributed by atoms with Gasteiger partial charge >= 0.3 is 5.97 Å². The van der Waals surface area contributed by atoms with Crippen molar-refractivity contribution in [1.82, 2.24) is 20.1 Å². The summed E-state index contributed by atoms with van der Waals surface area (Å²) in [4.78, 5) is 61.6. The number of esters is 1. The number of thiazole rings is 1. The van der Waals surface area contributed by atoms with E-state index in [9.17, 15) is 19.2 Å². The number of nitrogens with zero attached hydrogens (tertiary/aromatic N) is 3. The van der Waals surface area contributed by atoms with E-state index in [0.717, 1.165) is 44.2 Å². The molecule has 0 radical (unpaired) electrons. The number of Topliss-reactive ketones (excluding diaryl/α,β-unsaturated/α-hetero) is 1. The van der Waals surface area contributed by atoms with Crippen LogP contribution in [0.3, 0.4) is 0 Å². The van der Waals surface area contributed by atoms with E-state index in [2.05, 4.69) is 41.2 Å². The lowest BCUT2D eigenvalue weighted by molar-refractivity contribution is -0.149. The minimum atomic E-state index is -0.717. The lowest BCUT2D eigenvalue weighted by Gasteiger charge is -2.36. The average molecular weight is 667 g/mol. The number of hydrogen-bond donors (Lipinski definition) is 1. The molecule has 1 saturated heterocycles. The molecule has 47 heavy (non-hydrogen) atoms. The standard InChI is InChI=1S/C37H54N4O5S/c1-24(2)19-28(20-27-13-9-8-10-14-27)38-34(44)29-23-47-35(39-29)33(46-26(5)42)21-31(25(3)4)41(7)36(45)37(16-17-37)22-32(43)30-15-11-12-18-40(30)6/h8-10,13-14,23-25,28,30-31,33H,11-12,15-22H2,1-7H3,(H,38,44)/t28-,30-,31-,33-/m1/s1. The third-order valence-corrected chi connectivity index (χ3v) is 10.7. The quantitative estimate of drug-likeness (QED) is 0.212. The fourth-order valence-corrected chi connectivity index (χ4v) is 7.87. The molecule has 0 unspecified atom stereocenters. The molecule has 2 aromatic rings. The molecule has 1 N–H and O–H groups in total. The molecule has 2 fully saturated rings. The summed E-state index contributed by atoms with van der Waals surface area (Å²) in [6, 6.07) is 9.69. The zero-order valence-corrected chi connectivity index (χ0v) is 30.1. The Balaban J connectivity index is 1.46. The number of carbonyl (C=O) groups is 4. The van der Waals surface area contributed by atoms with Gasteiger partial charge in [-0.15, -0.1) is 11.3 Å². The molecule has 4 rings (SSSR count). The van der Waals surface area contributed by atoms with Crippen molar-refractivity contribution in [3.8, 4) is 0 Å². The van der Waals surface area contributed by atoms with Crippen molar-refractivity contribution in [2.45, 2.75) is 117 Å². The second-order valence-corrected chi connectivity index (χ2v) is 15.4. The monoisotopic (exact) mass is 666 g/mol. The molecular weight excluding hydrogens is 612 g/mol. The van der Waals surface area contributed by atoms with Gasteiger partial charge in [0.2, 0.25) is 5.91 Å². The summed E-state index contributed by atoms with van der Waals surface area (Å²) in [5.41, 5.74) is 0.800. The predicted octanol–water partition coefficient (Wildman–Crippen LogP) is 6.23. The highest BCUT2D eigenvalue weighted by Gasteiger charge is 2.54. The Kier molecular flexibility index (Phi) is 12.8. The van der Waals surface area contributed by atoms with Gasteiger partial charge in [-0.3, -0.25) is 24.1 Å². The Morgan fingerprint density at radius 3 is 2.38 bits per heavy atom. The van der Waals surface area contributed by atoms with Crippen LogP contribution in [-0.2, 0) is 25.5 Å². The number of hydrogen-bond acceptors (Lipinski definition) is 8. The maximum absolute atomic E-state index is 14.0. The zero-order valence-electron chi connectivity index (χ0n) is 29.3. The highest BCUT2D eigenvalue weighted by atomic mass is 32.1. The molecule has 10 heteroatoms. The number of carbonyl (C=O) groups excluding carboxylic acids is 4. The Bertz CT molecular complexity index is 1370. The first-order valence-electron chi connectivity index (χ1n) is 17.3. The van der Waals surface area contributed by atoms with E-state index < -0.39 is 17.5 Å². The van der Waals surface area contributed by atoms with Crippen LogP contribution in [0.2, 0.25) is 0 Å². The van der Waals surface area contributed by atoms with E-state index in [1.807, 2.05) is 39.1 Å². The SMILES string of the molecule is CC(=O)O[C@H](C[C@H](C(C)C)N(C)C(=O)C1(CC(=O)[C@H]2CCCCN2C)CC1)c1nc(C(=O)N[C@@H](Cc2ccccc2)CC(C)C)cs1. The van der Waals surface area contributed by atoms with Crippen LogP contribution >= 0.6 is 11.3 Å². The van der Waals surface area contributed by atoms with Gasteiger partial charge in [0.05, 0.1) is 11.5 Å². The summed E-state index contributed by atoms with van der Waals surface area (Å²) >= 11 is 1.29. The zero-order chi connectivity index (χ0) is 34.3. The first kappa shape index (κ1) is 36.7. The third-order valence-electron chi connectivity index (χ3n) is 9.76. The van der Waals surface area contributed by atoms with E-state index in [-0.39, 0.29) is 53.8 Å². The van der Waals surface area contributed by atoms with E-state index in [1.165, 1.54) is 18.3 Å². The third kappa shape index (κ3) is 9.95. The summed E-state index contributed by atoms with van der Waals surface area (Å²) in [6.07, 6.45) is 5.87. The van der Waals surface area contributed by atoms with Crippen LogP contribution in [0.4, 0.5) is 0 Å².